The number of rotatable bonds is 5. The van der Waals surface area contributed by atoms with Gasteiger partial charge in [-0.2, -0.15) is 8.78 Å². The van der Waals surface area contributed by atoms with E-state index in [0.717, 1.165) is 17.0 Å². The van der Waals surface area contributed by atoms with Gasteiger partial charge in [-0.25, -0.2) is 8.78 Å². The molecule has 0 atom stereocenters. The van der Waals surface area contributed by atoms with Gasteiger partial charge in [-0.05, 0) is 65.2 Å². The van der Waals surface area contributed by atoms with Crippen LogP contribution >= 0.6 is 15.9 Å². The van der Waals surface area contributed by atoms with Crippen LogP contribution in [0.15, 0.2) is 40.9 Å². The Kier molecular flexibility index (Phi) is 6.91. The lowest BCUT2D eigenvalue weighted by Gasteiger charge is -2.38. The minimum absolute atomic E-state index is 0.0712. The Balaban J connectivity index is 1.81. The molecule has 0 spiro atoms. The number of aliphatic hydroxyl groups is 2. The molecule has 1 aliphatic rings. The molecule has 2 amide bonds. The van der Waals surface area contributed by atoms with Gasteiger partial charge in [0.05, 0.1) is 22.2 Å². The van der Waals surface area contributed by atoms with Crippen LogP contribution in [-0.4, -0.2) is 52.2 Å². The van der Waals surface area contributed by atoms with Gasteiger partial charge in [0, 0.05) is 24.3 Å². The Morgan fingerprint density at radius 1 is 1.09 bits per heavy atom. The van der Waals surface area contributed by atoms with Gasteiger partial charge in [0.15, 0.2) is 0 Å². The van der Waals surface area contributed by atoms with Crippen LogP contribution in [0.2, 0.25) is 0 Å². The number of hydrogen-bond acceptors (Lipinski definition) is 4. The monoisotopic (exact) mass is 518 g/mol. The van der Waals surface area contributed by atoms with E-state index < -0.39 is 47.1 Å². The fourth-order valence-electron chi connectivity index (χ4n) is 3.28. The fourth-order valence-corrected chi connectivity index (χ4v) is 3.66. The molecule has 6 nitrogen and oxygen atoms in total. The summed E-state index contributed by atoms with van der Waals surface area (Å²) in [6.45, 7) is -1.05. The number of piperidine rings is 1. The maximum absolute atomic E-state index is 14.9. The van der Waals surface area contributed by atoms with Gasteiger partial charge in [0.25, 0.3) is 11.8 Å². The predicted octanol–water partition coefficient (Wildman–Crippen LogP) is 3.42. The van der Waals surface area contributed by atoms with Crippen molar-refractivity contribution in [1.29, 1.82) is 0 Å². The molecule has 1 heterocycles. The molecule has 32 heavy (non-hydrogen) atoms. The molecule has 0 aromatic heterocycles. The van der Waals surface area contributed by atoms with Crippen molar-refractivity contribution in [3.8, 4) is 0 Å². The Morgan fingerprint density at radius 2 is 1.72 bits per heavy atom. The van der Waals surface area contributed by atoms with Crippen molar-refractivity contribution in [2.75, 3.05) is 25.0 Å². The molecular weight excluding hydrogens is 500 g/mol. The summed E-state index contributed by atoms with van der Waals surface area (Å²) in [6, 6.07) is 5.83. The molecular formula is C21H19BrF4N2O4. The highest BCUT2D eigenvalue weighted by atomic mass is 79.9. The SMILES string of the molecule is O=C(Nc1ccc(F)c(Br)c1)c1ccc(F)c(C(F)(F)C(=O)N2CCC(O)(CO)CC2)c1. The molecule has 0 unspecified atom stereocenters. The number of amides is 2. The predicted molar refractivity (Wildman–Crippen MR) is 110 cm³/mol. The van der Waals surface area contributed by atoms with E-state index in [9.17, 15) is 32.3 Å². The summed E-state index contributed by atoms with van der Waals surface area (Å²) in [6.07, 6.45) is -0.215. The van der Waals surface area contributed by atoms with Crippen molar-refractivity contribution in [3.05, 3.63) is 63.6 Å². The zero-order valence-electron chi connectivity index (χ0n) is 16.5. The molecule has 0 radical (unpaired) electrons. The number of carbonyl (C=O) groups excluding carboxylic acids is 2. The number of nitrogens with zero attached hydrogens (tertiary/aromatic N) is 1. The molecule has 11 heteroatoms. The normalized spacial score (nSPS) is 16.0. The molecule has 3 rings (SSSR count). The summed E-state index contributed by atoms with van der Waals surface area (Å²) in [5, 5.41) is 21.5. The van der Waals surface area contributed by atoms with Crippen molar-refractivity contribution < 1.29 is 37.4 Å². The minimum atomic E-state index is -4.27. The van der Waals surface area contributed by atoms with E-state index in [1.165, 1.54) is 12.1 Å². The van der Waals surface area contributed by atoms with Gasteiger partial charge in [-0.1, -0.05) is 0 Å². The first-order chi connectivity index (χ1) is 15.0. The molecule has 0 bridgehead atoms. The third kappa shape index (κ3) is 4.94. The smallest absolute Gasteiger partial charge is 0.352 e. The van der Waals surface area contributed by atoms with Crippen LogP contribution in [0.5, 0.6) is 0 Å². The molecule has 1 fully saturated rings. The second kappa shape index (κ2) is 9.16. The van der Waals surface area contributed by atoms with Crippen LogP contribution in [0, 0.1) is 11.6 Å². The van der Waals surface area contributed by atoms with Gasteiger partial charge in [0.2, 0.25) is 0 Å². The Morgan fingerprint density at radius 3 is 2.31 bits per heavy atom. The third-order valence-electron chi connectivity index (χ3n) is 5.29. The molecule has 0 saturated carbocycles. The van der Waals surface area contributed by atoms with E-state index in [1.807, 2.05) is 0 Å². The average Bonchev–Trinajstić information content (AvgIpc) is 2.76. The van der Waals surface area contributed by atoms with Crippen molar-refractivity contribution in [2.24, 2.45) is 0 Å². The number of nitrogens with one attached hydrogen (secondary N) is 1. The van der Waals surface area contributed by atoms with Gasteiger partial charge in [-0.15, -0.1) is 0 Å². The van der Waals surface area contributed by atoms with Gasteiger partial charge in [-0.3, -0.25) is 9.59 Å². The quantitative estimate of drug-likeness (QED) is 0.529. The van der Waals surface area contributed by atoms with E-state index in [0.29, 0.717) is 12.1 Å². The maximum Gasteiger partial charge on any atom is 0.352 e. The van der Waals surface area contributed by atoms with Crippen molar-refractivity contribution in [1.82, 2.24) is 4.90 Å². The highest BCUT2D eigenvalue weighted by Crippen LogP contribution is 2.35. The number of anilines is 1. The highest BCUT2D eigenvalue weighted by molar-refractivity contribution is 9.10. The molecule has 1 aliphatic heterocycles. The van der Waals surface area contributed by atoms with E-state index >= 15 is 0 Å². The highest BCUT2D eigenvalue weighted by Gasteiger charge is 2.48. The van der Waals surface area contributed by atoms with Crippen LogP contribution < -0.4 is 5.32 Å². The van der Waals surface area contributed by atoms with Crippen molar-refractivity contribution >= 4 is 33.4 Å². The molecule has 0 aliphatic carbocycles. The summed E-state index contributed by atoms with van der Waals surface area (Å²) in [5.74, 6) is -8.74. The second-order valence-corrected chi connectivity index (χ2v) is 8.38. The van der Waals surface area contributed by atoms with Crippen LogP contribution in [0.4, 0.5) is 23.2 Å². The summed E-state index contributed by atoms with van der Waals surface area (Å²) in [4.78, 5) is 25.7. The van der Waals surface area contributed by atoms with E-state index in [-0.39, 0.29) is 41.7 Å². The second-order valence-electron chi connectivity index (χ2n) is 7.53. The number of alkyl halides is 2. The van der Waals surface area contributed by atoms with Crippen LogP contribution in [0.1, 0.15) is 28.8 Å². The summed E-state index contributed by atoms with van der Waals surface area (Å²) < 4.78 is 57.5. The summed E-state index contributed by atoms with van der Waals surface area (Å²) in [5.41, 5.74) is -2.88. The zero-order chi connectivity index (χ0) is 23.7. The first-order valence-corrected chi connectivity index (χ1v) is 10.3. The number of carbonyl (C=O) groups is 2. The first kappa shape index (κ1) is 24.1. The Bertz CT molecular complexity index is 1040. The first-order valence-electron chi connectivity index (χ1n) is 9.54. The Labute approximate surface area is 189 Å². The molecule has 172 valence electrons. The number of likely N-dealkylation sites (tertiary alicyclic amines) is 1. The van der Waals surface area contributed by atoms with Crippen molar-refractivity contribution in [3.63, 3.8) is 0 Å². The lowest BCUT2D eigenvalue weighted by molar-refractivity contribution is -0.164. The summed E-state index contributed by atoms with van der Waals surface area (Å²) >= 11 is 2.96. The van der Waals surface area contributed by atoms with Gasteiger partial charge >= 0.3 is 5.92 Å². The lowest BCUT2D eigenvalue weighted by Crippen LogP contribution is -2.52. The fraction of sp³-hybridized carbons (Fsp3) is 0.333. The molecule has 1 saturated heterocycles. The minimum Gasteiger partial charge on any atom is -0.393 e. The standard InChI is InChI=1S/C21H19BrF4N2O4/c22-15-10-13(2-4-17(15)24)27-18(30)12-1-3-16(23)14(9-12)21(25,26)19(31)28-7-5-20(32,11-29)6-8-28/h1-4,9-10,29,32H,5-8,11H2,(H,27,30). The average molecular weight is 519 g/mol. The van der Waals surface area contributed by atoms with E-state index in [2.05, 4.69) is 21.2 Å². The van der Waals surface area contributed by atoms with E-state index in [4.69, 9.17) is 5.11 Å². The number of hydrogen-bond donors (Lipinski definition) is 3. The molecule has 2 aromatic rings. The maximum atomic E-state index is 14.9. The van der Waals surface area contributed by atoms with Gasteiger partial charge in [0.1, 0.15) is 11.6 Å². The lowest BCUT2D eigenvalue weighted by atomic mass is 9.91. The molecule has 2 aromatic carbocycles. The number of halogens is 5. The zero-order valence-corrected chi connectivity index (χ0v) is 18.1. The van der Waals surface area contributed by atoms with Crippen molar-refractivity contribution in [2.45, 2.75) is 24.4 Å². The topological polar surface area (TPSA) is 89.9 Å². The largest absolute Gasteiger partial charge is 0.393 e. The van der Waals surface area contributed by atoms with Crippen LogP contribution in [0.25, 0.3) is 0 Å². The van der Waals surface area contributed by atoms with Crippen LogP contribution in [0.3, 0.4) is 0 Å². The number of aliphatic hydroxyl groups excluding tert-OH is 1. The van der Waals surface area contributed by atoms with E-state index in [1.54, 1.807) is 0 Å². The number of benzene rings is 2. The molecule has 3 N–H and O–H groups in total. The van der Waals surface area contributed by atoms with Crippen LogP contribution in [-0.2, 0) is 10.7 Å². The Hall–Kier alpha value is -2.50. The third-order valence-corrected chi connectivity index (χ3v) is 5.90. The summed E-state index contributed by atoms with van der Waals surface area (Å²) in [7, 11) is 0. The van der Waals surface area contributed by atoms with Gasteiger partial charge < -0.3 is 20.4 Å².